The van der Waals surface area contributed by atoms with Crippen molar-refractivity contribution in [3.05, 3.63) is 34.6 Å². The van der Waals surface area contributed by atoms with Gasteiger partial charge in [0.1, 0.15) is 5.82 Å². The molecule has 1 aromatic rings. The number of methoxy groups -OCH3 is 1. The summed E-state index contributed by atoms with van der Waals surface area (Å²) in [4.78, 5) is 0. The number of nitrogens with two attached hydrogens (primary N) is 1. The molecule has 0 amide bonds. The molecule has 0 aliphatic rings. The first-order valence-electron chi connectivity index (χ1n) is 5.28. The average molecular weight is 246 g/mol. The SMILES string of the molecule is COC(C)CCC(N)c1cc(F)ccc1Cl. The van der Waals surface area contributed by atoms with Crippen LogP contribution in [0.25, 0.3) is 0 Å². The van der Waals surface area contributed by atoms with E-state index in [4.69, 9.17) is 22.1 Å². The Bertz CT molecular complexity index is 346. The van der Waals surface area contributed by atoms with Gasteiger partial charge in [-0.1, -0.05) is 11.6 Å². The van der Waals surface area contributed by atoms with Gasteiger partial charge in [-0.15, -0.1) is 0 Å². The molecule has 0 bridgehead atoms. The van der Waals surface area contributed by atoms with Gasteiger partial charge < -0.3 is 10.5 Å². The molecule has 16 heavy (non-hydrogen) atoms. The first-order chi connectivity index (χ1) is 7.54. The topological polar surface area (TPSA) is 35.2 Å². The lowest BCUT2D eigenvalue weighted by molar-refractivity contribution is 0.107. The fourth-order valence-electron chi connectivity index (χ4n) is 1.49. The van der Waals surface area contributed by atoms with Gasteiger partial charge in [-0.3, -0.25) is 0 Å². The third-order valence-electron chi connectivity index (χ3n) is 2.64. The second-order valence-corrected chi connectivity index (χ2v) is 4.30. The molecule has 1 rings (SSSR count). The van der Waals surface area contributed by atoms with E-state index in [2.05, 4.69) is 0 Å². The molecule has 0 saturated carbocycles. The quantitative estimate of drug-likeness (QED) is 0.864. The van der Waals surface area contributed by atoms with Crippen molar-refractivity contribution in [1.82, 2.24) is 0 Å². The Morgan fingerprint density at radius 2 is 2.12 bits per heavy atom. The molecule has 4 heteroatoms. The molecule has 0 aliphatic carbocycles. The molecule has 0 saturated heterocycles. The van der Waals surface area contributed by atoms with E-state index in [1.54, 1.807) is 7.11 Å². The van der Waals surface area contributed by atoms with Crippen molar-refractivity contribution in [3.8, 4) is 0 Å². The lowest BCUT2D eigenvalue weighted by atomic mass is 10.0. The lowest BCUT2D eigenvalue weighted by Crippen LogP contribution is -2.15. The number of rotatable bonds is 5. The summed E-state index contributed by atoms with van der Waals surface area (Å²) in [5.74, 6) is -0.311. The Balaban J connectivity index is 2.65. The molecule has 2 N–H and O–H groups in total. The summed E-state index contributed by atoms with van der Waals surface area (Å²) < 4.78 is 18.2. The zero-order valence-electron chi connectivity index (χ0n) is 9.54. The summed E-state index contributed by atoms with van der Waals surface area (Å²) in [6.07, 6.45) is 1.70. The molecule has 0 aliphatic heterocycles. The van der Waals surface area contributed by atoms with Crippen LogP contribution in [-0.4, -0.2) is 13.2 Å². The number of ether oxygens (including phenoxy) is 1. The van der Waals surface area contributed by atoms with Gasteiger partial charge in [-0.2, -0.15) is 0 Å². The molecule has 90 valence electrons. The smallest absolute Gasteiger partial charge is 0.123 e. The van der Waals surface area contributed by atoms with Crippen LogP contribution < -0.4 is 5.73 Å². The fourth-order valence-corrected chi connectivity index (χ4v) is 1.74. The third-order valence-corrected chi connectivity index (χ3v) is 2.99. The van der Waals surface area contributed by atoms with E-state index < -0.39 is 0 Å². The summed E-state index contributed by atoms with van der Waals surface area (Å²) in [5, 5.41) is 0.513. The van der Waals surface area contributed by atoms with Gasteiger partial charge in [-0.25, -0.2) is 4.39 Å². The highest BCUT2D eigenvalue weighted by atomic mass is 35.5. The van der Waals surface area contributed by atoms with Gasteiger partial charge in [0.25, 0.3) is 0 Å². The largest absolute Gasteiger partial charge is 0.382 e. The van der Waals surface area contributed by atoms with Crippen molar-refractivity contribution >= 4 is 11.6 Å². The van der Waals surface area contributed by atoms with E-state index >= 15 is 0 Å². The van der Waals surface area contributed by atoms with Gasteiger partial charge in [0.2, 0.25) is 0 Å². The van der Waals surface area contributed by atoms with E-state index in [0.717, 1.165) is 12.8 Å². The molecule has 0 heterocycles. The number of hydrogen-bond donors (Lipinski definition) is 1. The van der Waals surface area contributed by atoms with Crippen molar-refractivity contribution in [3.63, 3.8) is 0 Å². The van der Waals surface area contributed by atoms with Crippen LogP contribution in [0.15, 0.2) is 18.2 Å². The van der Waals surface area contributed by atoms with Crippen LogP contribution in [0.5, 0.6) is 0 Å². The van der Waals surface area contributed by atoms with E-state index in [9.17, 15) is 4.39 Å². The van der Waals surface area contributed by atoms with Crippen molar-refractivity contribution < 1.29 is 9.13 Å². The molecule has 1 aromatic carbocycles. The zero-order chi connectivity index (χ0) is 12.1. The molecule has 0 fully saturated rings. The first-order valence-corrected chi connectivity index (χ1v) is 5.65. The van der Waals surface area contributed by atoms with Gasteiger partial charge >= 0.3 is 0 Å². The van der Waals surface area contributed by atoms with E-state index in [1.165, 1.54) is 18.2 Å². The third kappa shape index (κ3) is 3.74. The Kier molecular flexibility index (Phi) is 5.19. The molecule has 0 radical (unpaired) electrons. The van der Waals surface area contributed by atoms with Gasteiger partial charge in [0.15, 0.2) is 0 Å². The molecular weight excluding hydrogens is 229 g/mol. The van der Waals surface area contributed by atoms with E-state index in [-0.39, 0.29) is 18.0 Å². The maximum Gasteiger partial charge on any atom is 0.123 e. The standard InChI is InChI=1S/C12H17ClFNO/c1-8(16-2)3-6-12(15)10-7-9(14)4-5-11(10)13/h4-5,7-8,12H,3,6,15H2,1-2H3. The molecular formula is C12H17ClFNO. The van der Waals surface area contributed by atoms with Crippen molar-refractivity contribution in [2.45, 2.75) is 31.9 Å². The summed E-state index contributed by atoms with van der Waals surface area (Å²) in [6.45, 7) is 1.97. The molecule has 2 nitrogen and oxygen atoms in total. The van der Waals surface area contributed by atoms with Crippen molar-refractivity contribution in [1.29, 1.82) is 0 Å². The normalized spacial score (nSPS) is 14.8. The predicted octanol–water partition coefficient (Wildman–Crippen LogP) is 3.29. The predicted molar refractivity (Wildman–Crippen MR) is 64.0 cm³/mol. The molecule has 0 spiro atoms. The summed E-state index contributed by atoms with van der Waals surface area (Å²) in [6, 6.07) is 4.01. The first kappa shape index (κ1) is 13.4. The highest BCUT2D eigenvalue weighted by Crippen LogP contribution is 2.25. The second-order valence-electron chi connectivity index (χ2n) is 3.90. The molecule has 0 aromatic heterocycles. The van der Waals surface area contributed by atoms with Crippen LogP contribution in [0.4, 0.5) is 4.39 Å². The fraction of sp³-hybridized carbons (Fsp3) is 0.500. The summed E-state index contributed by atoms with van der Waals surface area (Å²) >= 11 is 5.96. The van der Waals surface area contributed by atoms with Crippen LogP contribution in [-0.2, 0) is 4.74 Å². The minimum absolute atomic E-state index is 0.151. The Morgan fingerprint density at radius 3 is 2.75 bits per heavy atom. The summed E-state index contributed by atoms with van der Waals surface area (Å²) in [5.41, 5.74) is 6.62. The van der Waals surface area contributed by atoms with Crippen LogP contribution in [0.3, 0.4) is 0 Å². The van der Waals surface area contributed by atoms with Crippen molar-refractivity contribution in [2.75, 3.05) is 7.11 Å². The number of hydrogen-bond acceptors (Lipinski definition) is 2. The Hall–Kier alpha value is -0.640. The molecule has 2 unspecified atom stereocenters. The average Bonchev–Trinajstić information content (AvgIpc) is 2.28. The number of halogens is 2. The maximum absolute atomic E-state index is 13.0. The number of benzene rings is 1. The van der Waals surface area contributed by atoms with Crippen molar-refractivity contribution in [2.24, 2.45) is 5.73 Å². The minimum Gasteiger partial charge on any atom is -0.382 e. The van der Waals surface area contributed by atoms with Gasteiger partial charge in [0.05, 0.1) is 6.10 Å². The zero-order valence-corrected chi connectivity index (χ0v) is 10.3. The highest BCUT2D eigenvalue weighted by molar-refractivity contribution is 6.31. The van der Waals surface area contributed by atoms with Gasteiger partial charge in [0, 0.05) is 18.2 Å². The van der Waals surface area contributed by atoms with Crippen LogP contribution in [0, 0.1) is 5.82 Å². The highest BCUT2D eigenvalue weighted by Gasteiger charge is 2.12. The van der Waals surface area contributed by atoms with E-state index in [0.29, 0.717) is 10.6 Å². The minimum atomic E-state index is -0.311. The van der Waals surface area contributed by atoms with Gasteiger partial charge in [-0.05, 0) is 43.5 Å². The maximum atomic E-state index is 13.0. The van der Waals surface area contributed by atoms with Crippen LogP contribution >= 0.6 is 11.6 Å². The Labute approximate surface area is 101 Å². The summed E-state index contributed by atoms with van der Waals surface area (Å²) in [7, 11) is 1.66. The lowest BCUT2D eigenvalue weighted by Gasteiger charge is -2.16. The van der Waals surface area contributed by atoms with Crippen LogP contribution in [0.2, 0.25) is 5.02 Å². The molecule has 2 atom stereocenters. The van der Waals surface area contributed by atoms with Crippen LogP contribution in [0.1, 0.15) is 31.4 Å². The second kappa shape index (κ2) is 6.18. The monoisotopic (exact) mass is 245 g/mol. The Morgan fingerprint density at radius 1 is 1.44 bits per heavy atom. The van der Waals surface area contributed by atoms with E-state index in [1.807, 2.05) is 6.92 Å².